The molecule has 0 aromatic heterocycles. The highest BCUT2D eigenvalue weighted by Crippen LogP contribution is 2.27. The van der Waals surface area contributed by atoms with E-state index in [1.807, 2.05) is 34.6 Å². The highest BCUT2D eigenvalue weighted by atomic mass is 16.3. The second-order valence-corrected chi connectivity index (χ2v) is 8.18. The van der Waals surface area contributed by atoms with Crippen molar-refractivity contribution in [3.05, 3.63) is 69.9 Å². The van der Waals surface area contributed by atoms with Crippen molar-refractivity contribution in [1.82, 2.24) is 0 Å². The largest absolute Gasteiger partial charge is 0.508 e. The van der Waals surface area contributed by atoms with Crippen LogP contribution in [0.25, 0.3) is 0 Å². The van der Waals surface area contributed by atoms with E-state index in [9.17, 15) is 19.8 Å². The molecule has 1 aromatic rings. The number of phenolic OH excluding ortho intramolecular Hbond substituents is 2. The first kappa shape index (κ1) is 25.2. The summed E-state index contributed by atoms with van der Waals surface area (Å²) in [5.74, 6) is -1.34. The molecule has 0 heterocycles. The van der Waals surface area contributed by atoms with E-state index in [4.69, 9.17) is 0 Å². The Bertz CT molecular complexity index is 903. The number of carbonyl (C=O) groups excluding carboxylic acids is 2. The molecular weight excluding hydrogens is 376 g/mol. The van der Waals surface area contributed by atoms with Gasteiger partial charge in [0, 0.05) is 0 Å². The predicted octanol–water partition coefficient (Wildman–Crippen LogP) is 6.61. The maximum Gasteiger partial charge on any atom is 0.200 e. The minimum Gasteiger partial charge on any atom is -0.508 e. The topological polar surface area (TPSA) is 74.6 Å². The van der Waals surface area contributed by atoms with Gasteiger partial charge in [0.1, 0.15) is 11.5 Å². The van der Waals surface area contributed by atoms with Crippen LogP contribution in [0.5, 0.6) is 11.5 Å². The second kappa shape index (κ2) is 12.0. The second-order valence-electron chi connectivity index (χ2n) is 8.18. The van der Waals surface area contributed by atoms with Crippen LogP contribution in [0.2, 0.25) is 0 Å². The first-order chi connectivity index (χ1) is 14.0. The maximum absolute atomic E-state index is 13.2. The number of phenols is 2. The molecule has 0 fully saturated rings. The van der Waals surface area contributed by atoms with Crippen molar-refractivity contribution in [3.8, 4) is 11.5 Å². The Balaban J connectivity index is 3.31. The number of hydrogen-bond donors (Lipinski definition) is 2. The summed E-state index contributed by atoms with van der Waals surface area (Å²) in [6.45, 7) is 11.7. The van der Waals surface area contributed by atoms with E-state index in [-0.39, 0.29) is 28.4 Å². The number of ketones is 2. The monoisotopic (exact) mass is 410 g/mol. The Hall–Kier alpha value is -2.88. The quantitative estimate of drug-likeness (QED) is 0.114. The Labute approximate surface area is 180 Å². The summed E-state index contributed by atoms with van der Waals surface area (Å²) in [5.41, 5.74) is 3.93. The fourth-order valence-electron chi connectivity index (χ4n) is 3.02. The first-order valence-corrected chi connectivity index (χ1v) is 10.3. The molecular formula is C26H34O4. The van der Waals surface area contributed by atoms with Crippen molar-refractivity contribution >= 4 is 11.6 Å². The van der Waals surface area contributed by atoms with Gasteiger partial charge in [0.15, 0.2) is 5.78 Å². The average Bonchev–Trinajstić information content (AvgIpc) is 2.63. The molecule has 0 radical (unpaired) electrons. The Morgan fingerprint density at radius 1 is 0.867 bits per heavy atom. The van der Waals surface area contributed by atoms with E-state index in [2.05, 4.69) is 12.2 Å². The molecule has 1 rings (SSSR count). The number of aromatic hydroxyl groups is 2. The van der Waals surface area contributed by atoms with Crippen LogP contribution in [0.15, 0.2) is 64.3 Å². The van der Waals surface area contributed by atoms with Gasteiger partial charge in [0.2, 0.25) is 5.78 Å². The number of benzene rings is 1. The summed E-state index contributed by atoms with van der Waals surface area (Å²) in [7, 11) is 0. The van der Waals surface area contributed by atoms with E-state index >= 15 is 0 Å². The molecule has 0 saturated carbocycles. The summed E-state index contributed by atoms with van der Waals surface area (Å²) < 4.78 is 0. The van der Waals surface area contributed by atoms with E-state index < -0.39 is 5.78 Å². The van der Waals surface area contributed by atoms with E-state index in [1.54, 1.807) is 6.92 Å². The zero-order chi connectivity index (χ0) is 22.8. The van der Waals surface area contributed by atoms with Gasteiger partial charge in [-0.3, -0.25) is 9.59 Å². The molecule has 0 aliphatic rings. The van der Waals surface area contributed by atoms with Gasteiger partial charge in [0.05, 0.1) is 11.1 Å². The van der Waals surface area contributed by atoms with Crippen molar-refractivity contribution in [2.45, 2.75) is 67.2 Å². The maximum atomic E-state index is 13.2. The molecule has 0 spiro atoms. The number of allylic oxidation sites excluding steroid dienone is 8. The third-order valence-electron chi connectivity index (χ3n) is 4.67. The lowest BCUT2D eigenvalue weighted by atomic mass is 9.91. The van der Waals surface area contributed by atoms with Crippen LogP contribution in [-0.2, 0) is 4.79 Å². The molecule has 0 bridgehead atoms. The molecule has 2 N–H and O–H groups in total. The van der Waals surface area contributed by atoms with Crippen LogP contribution in [0.3, 0.4) is 0 Å². The molecule has 0 aliphatic heterocycles. The van der Waals surface area contributed by atoms with Crippen molar-refractivity contribution < 1.29 is 19.8 Å². The van der Waals surface area contributed by atoms with Crippen molar-refractivity contribution in [1.29, 1.82) is 0 Å². The Kier molecular flexibility index (Phi) is 10.0. The van der Waals surface area contributed by atoms with E-state index in [1.165, 1.54) is 35.4 Å². The molecule has 0 atom stereocenters. The van der Waals surface area contributed by atoms with Gasteiger partial charge < -0.3 is 10.2 Å². The van der Waals surface area contributed by atoms with E-state index in [0.717, 1.165) is 18.4 Å². The van der Waals surface area contributed by atoms with Gasteiger partial charge in [-0.05, 0) is 91.5 Å². The van der Waals surface area contributed by atoms with Crippen LogP contribution in [0, 0.1) is 0 Å². The molecule has 0 amide bonds. The zero-order valence-corrected chi connectivity index (χ0v) is 19.0. The number of Topliss-reactive ketones (excluding diaryl/α,β-unsaturated/α-hetero) is 1. The zero-order valence-electron chi connectivity index (χ0n) is 19.0. The fraction of sp³-hybridized carbons (Fsp3) is 0.385. The molecule has 4 heteroatoms. The van der Waals surface area contributed by atoms with Crippen LogP contribution >= 0.6 is 0 Å². The average molecular weight is 411 g/mol. The van der Waals surface area contributed by atoms with Crippen LogP contribution in [-0.4, -0.2) is 21.8 Å². The molecule has 1 aromatic carbocycles. The summed E-state index contributed by atoms with van der Waals surface area (Å²) in [6, 6.07) is 3.75. The van der Waals surface area contributed by atoms with Crippen molar-refractivity contribution in [3.63, 3.8) is 0 Å². The van der Waals surface area contributed by atoms with Gasteiger partial charge in [-0.25, -0.2) is 0 Å². The van der Waals surface area contributed by atoms with Gasteiger partial charge in [-0.2, -0.15) is 0 Å². The molecule has 0 aliphatic carbocycles. The lowest BCUT2D eigenvalue weighted by Gasteiger charge is -2.11. The molecule has 162 valence electrons. The lowest BCUT2D eigenvalue weighted by Crippen LogP contribution is -2.14. The SMILES string of the molecule is CC(C)=CCC/C(C)=C/C(=O)/C(C(=O)c1cc(O)ccc1O)=C(/C)CCC=C(C)C. The predicted molar refractivity (Wildman–Crippen MR) is 123 cm³/mol. The van der Waals surface area contributed by atoms with Gasteiger partial charge in [-0.1, -0.05) is 34.4 Å². The molecule has 4 nitrogen and oxygen atoms in total. The minimum absolute atomic E-state index is 0.0552. The Morgan fingerprint density at radius 2 is 1.43 bits per heavy atom. The van der Waals surface area contributed by atoms with Crippen LogP contribution in [0.1, 0.15) is 77.6 Å². The Morgan fingerprint density at radius 3 is 2.00 bits per heavy atom. The lowest BCUT2D eigenvalue weighted by molar-refractivity contribution is -0.111. The standard InChI is InChI=1S/C26H34O4/c1-17(2)9-7-11-19(5)15-24(29)25(20(6)12-8-10-18(3)4)26(30)22-16-21(27)13-14-23(22)28/h9-10,13-16,27-28H,7-8,11-12H2,1-6H3/b19-15+,25-20+. The van der Waals surface area contributed by atoms with Gasteiger partial charge in [0.25, 0.3) is 0 Å². The number of hydrogen-bond acceptors (Lipinski definition) is 4. The third-order valence-corrected chi connectivity index (χ3v) is 4.67. The number of rotatable bonds is 10. The van der Waals surface area contributed by atoms with Crippen LogP contribution in [0.4, 0.5) is 0 Å². The van der Waals surface area contributed by atoms with E-state index in [0.29, 0.717) is 18.4 Å². The molecule has 0 unspecified atom stereocenters. The van der Waals surface area contributed by atoms with Gasteiger partial charge >= 0.3 is 0 Å². The summed E-state index contributed by atoms with van der Waals surface area (Å²) in [4.78, 5) is 26.2. The molecule has 0 saturated heterocycles. The highest BCUT2D eigenvalue weighted by molar-refractivity contribution is 6.30. The van der Waals surface area contributed by atoms with Crippen molar-refractivity contribution in [2.24, 2.45) is 0 Å². The summed E-state index contributed by atoms with van der Waals surface area (Å²) >= 11 is 0. The molecule has 30 heavy (non-hydrogen) atoms. The van der Waals surface area contributed by atoms with Gasteiger partial charge in [-0.15, -0.1) is 0 Å². The van der Waals surface area contributed by atoms with Crippen LogP contribution < -0.4 is 0 Å². The normalized spacial score (nSPS) is 12.1. The van der Waals surface area contributed by atoms with Crippen molar-refractivity contribution in [2.75, 3.05) is 0 Å². The first-order valence-electron chi connectivity index (χ1n) is 10.3. The summed E-state index contributed by atoms with van der Waals surface area (Å²) in [6.07, 6.45) is 8.51. The number of carbonyl (C=O) groups is 2. The summed E-state index contributed by atoms with van der Waals surface area (Å²) in [5, 5.41) is 19.9. The fourth-order valence-corrected chi connectivity index (χ4v) is 3.02. The smallest absolute Gasteiger partial charge is 0.200 e. The minimum atomic E-state index is -0.573. The third kappa shape index (κ3) is 8.24. The highest BCUT2D eigenvalue weighted by Gasteiger charge is 2.24.